The minimum Gasteiger partial charge on any atom is -0.480 e. The molecule has 1 atom stereocenters. The van der Waals surface area contributed by atoms with Gasteiger partial charge in [-0.25, -0.2) is 4.79 Å². The van der Waals surface area contributed by atoms with Crippen LogP contribution in [-0.4, -0.2) is 29.6 Å². The van der Waals surface area contributed by atoms with Gasteiger partial charge in [0.05, 0.1) is 0 Å². The van der Waals surface area contributed by atoms with Crippen LogP contribution in [0.4, 0.5) is 0 Å². The molecule has 0 radical (unpaired) electrons. The second kappa shape index (κ2) is 6.42. The van der Waals surface area contributed by atoms with Gasteiger partial charge in [0.15, 0.2) is 0 Å². The number of aliphatic carboxylic acids is 1. The Balaban J connectivity index is 3.81. The van der Waals surface area contributed by atoms with Crippen molar-refractivity contribution in [2.45, 2.75) is 32.2 Å². The van der Waals surface area contributed by atoms with E-state index in [1.165, 1.54) is 6.92 Å². The predicted molar refractivity (Wildman–Crippen MR) is 48.1 cm³/mol. The molecule has 0 rings (SSSR count). The first kappa shape index (κ1) is 11.9. The van der Waals surface area contributed by atoms with Crippen LogP contribution in [0.25, 0.3) is 0 Å². The van der Waals surface area contributed by atoms with Gasteiger partial charge in [0.2, 0.25) is 5.91 Å². The van der Waals surface area contributed by atoms with Gasteiger partial charge in [-0.15, -0.1) is 0 Å². The van der Waals surface area contributed by atoms with E-state index < -0.39 is 12.0 Å². The van der Waals surface area contributed by atoms with Crippen LogP contribution < -0.4 is 11.1 Å². The number of carbonyl (C=O) groups excluding carboxylic acids is 1. The monoisotopic (exact) mass is 196 g/mol. The van der Waals surface area contributed by atoms with Crippen LogP contribution >= 0.6 is 0 Å². The summed E-state index contributed by atoms with van der Waals surface area (Å²) in [7, 11) is 0. The van der Waals surface area contributed by atoms with E-state index in [2.05, 4.69) is 5.32 Å². The van der Waals surface area contributed by atoms with Crippen LogP contribution in [0.1, 0.15) is 26.2 Å². The molecule has 0 aromatic heterocycles. The maximum atomic E-state index is 10.6. The topological polar surface area (TPSA) is 92.4 Å². The summed E-state index contributed by atoms with van der Waals surface area (Å²) >= 11 is 0. The molecule has 0 fully saturated rings. The van der Waals surface area contributed by atoms with Crippen LogP contribution in [0, 0.1) is 0 Å². The van der Waals surface area contributed by atoms with Crippen molar-refractivity contribution in [3.63, 3.8) is 0 Å². The van der Waals surface area contributed by atoms with Gasteiger partial charge in [-0.2, -0.15) is 0 Å². The Morgan fingerprint density at radius 1 is 1.46 bits per heavy atom. The molecular formula is C8H16N2O3. The highest BCUT2D eigenvalue weighted by molar-refractivity contribution is 5.81. The van der Waals surface area contributed by atoms with Crippen molar-refractivity contribution in [2.75, 3.05) is 6.54 Å². The van der Waals surface area contributed by atoms with Crippen molar-refractivity contribution in [3.05, 3.63) is 0 Å². The van der Waals surface area contributed by atoms with Crippen molar-refractivity contribution in [2.24, 2.45) is 5.73 Å². The van der Waals surface area contributed by atoms with Crippen LogP contribution in [-0.2, 0) is 9.59 Å². The zero-order valence-corrected chi connectivity index (χ0v) is 7.75. The largest absolute Gasteiger partial charge is 0.480 e. The third kappa shape index (κ3) is 6.10. The summed E-state index contributed by atoms with van der Waals surface area (Å²) in [4.78, 5) is 21.2. The summed E-state index contributed by atoms with van der Waals surface area (Å²) in [6.45, 7) is 1.85. The molecule has 0 heterocycles. The molecule has 0 saturated carbocycles. The van der Waals surface area contributed by atoms with Crippen molar-refractivity contribution in [3.8, 4) is 0 Å². The molecule has 0 aliphatic carbocycles. The lowest BCUT2D eigenvalue weighted by molar-refractivity contribution is -0.141. The maximum Gasteiger partial charge on any atom is 0.326 e. The molecule has 0 aliphatic rings. The lowest BCUT2D eigenvalue weighted by Crippen LogP contribution is -2.39. The Bertz CT molecular complexity index is 182. The first-order chi connectivity index (χ1) is 6.07. The smallest absolute Gasteiger partial charge is 0.326 e. The zero-order valence-electron chi connectivity index (χ0n) is 7.75. The summed E-state index contributed by atoms with van der Waals surface area (Å²) in [6, 6.07) is -0.774. The molecule has 0 aliphatic heterocycles. The normalized spacial score (nSPS) is 12.2. The molecular weight excluding hydrogens is 180 g/mol. The van der Waals surface area contributed by atoms with Crippen molar-refractivity contribution < 1.29 is 14.7 Å². The Hall–Kier alpha value is -1.10. The number of nitrogens with two attached hydrogens (primary N) is 1. The number of amides is 1. The molecule has 0 aromatic rings. The zero-order chi connectivity index (χ0) is 10.3. The Morgan fingerprint density at radius 2 is 2.08 bits per heavy atom. The first-order valence-electron chi connectivity index (χ1n) is 4.28. The number of nitrogens with one attached hydrogen (secondary N) is 1. The fourth-order valence-electron chi connectivity index (χ4n) is 0.996. The van der Waals surface area contributed by atoms with Gasteiger partial charge in [-0.05, 0) is 25.8 Å². The van der Waals surface area contributed by atoms with Gasteiger partial charge < -0.3 is 16.2 Å². The molecule has 0 saturated heterocycles. The SMILES string of the molecule is CC(=O)[15NH][13C@@H]([13CH2][13CH2][13CH2][13CH2][15NH2])[13C](=O)O. The minimum absolute atomic E-state index is 0.319. The highest BCUT2D eigenvalue weighted by Gasteiger charge is 2.16. The highest BCUT2D eigenvalue weighted by Crippen LogP contribution is 2.00. The number of unbranched alkanes of at least 4 members (excludes halogenated alkanes) is 1. The summed E-state index contributed by atoms with van der Waals surface area (Å²) in [6.07, 6.45) is 1.93. The number of carboxylic acid groups (broad SMARTS) is 1. The lowest BCUT2D eigenvalue weighted by atomic mass is 10.8. The molecule has 76 valence electrons. The summed E-state index contributed by atoms with van der Waals surface area (Å²) < 4.78 is 0. The molecule has 0 aromatic carbocycles. The van der Waals surface area contributed by atoms with E-state index in [-0.39, 0.29) is 5.91 Å². The minimum atomic E-state index is -0.993. The van der Waals surface area contributed by atoms with E-state index in [9.17, 15) is 9.59 Å². The van der Waals surface area contributed by atoms with E-state index in [1.54, 1.807) is 0 Å². The second-order valence-corrected chi connectivity index (χ2v) is 2.88. The Kier molecular flexibility index (Phi) is 5.88. The Morgan fingerprint density at radius 3 is 2.46 bits per heavy atom. The van der Waals surface area contributed by atoms with Crippen molar-refractivity contribution in [1.29, 1.82) is 0 Å². The summed E-state index contributed by atoms with van der Waals surface area (Å²) in [5, 5.41) is 11.0. The van der Waals surface area contributed by atoms with Gasteiger partial charge in [0.1, 0.15) is 6.04 Å². The van der Waals surface area contributed by atoms with Gasteiger partial charge >= 0.3 is 5.97 Å². The molecule has 1 amide bonds. The average molecular weight is 196 g/mol. The second-order valence-electron chi connectivity index (χ2n) is 2.88. The van der Waals surface area contributed by atoms with Gasteiger partial charge in [0, 0.05) is 6.92 Å². The molecule has 0 bridgehead atoms. The van der Waals surface area contributed by atoms with Gasteiger partial charge in [-0.1, -0.05) is 0 Å². The predicted octanol–water partition coefficient (Wildman–Crippen LogP) is -0.295. The molecule has 13 heavy (non-hydrogen) atoms. The Labute approximate surface area is 77.3 Å². The van der Waals surface area contributed by atoms with E-state index in [0.29, 0.717) is 19.4 Å². The van der Waals surface area contributed by atoms with Crippen LogP contribution in [0.5, 0.6) is 0 Å². The standard InChI is InChI=1S/C8H16N2O3/c1-6(11)10-7(8(12)13)4-2-3-5-9/h7H,2-5,9H2,1H3,(H,10,11)(H,12,13)/t7-/m0/s1/i2+1,3+1,4+1,5+1,7+1,8+1,9+1,10+1. The van der Waals surface area contributed by atoms with Gasteiger partial charge in [0.25, 0.3) is 0 Å². The first-order valence-corrected chi connectivity index (χ1v) is 4.28. The molecule has 5 nitrogen and oxygen atoms in total. The fourth-order valence-corrected chi connectivity index (χ4v) is 0.996. The fraction of sp³-hybridized carbons (Fsp3) is 0.750. The number of hydrogen-bond acceptors (Lipinski definition) is 3. The number of hydrogen-bond donors (Lipinski definition) is 3. The van der Waals surface area contributed by atoms with Crippen LogP contribution in [0.2, 0.25) is 0 Å². The maximum absolute atomic E-state index is 10.6. The van der Waals surface area contributed by atoms with Crippen LogP contribution in [0.15, 0.2) is 0 Å². The van der Waals surface area contributed by atoms with E-state index in [0.717, 1.165) is 6.42 Å². The average Bonchev–Trinajstić information content (AvgIpc) is 2.02. The van der Waals surface area contributed by atoms with Crippen molar-refractivity contribution in [1.82, 2.24) is 5.32 Å². The molecule has 0 spiro atoms. The number of rotatable bonds is 6. The summed E-state index contributed by atoms with van der Waals surface area (Å²) in [5.74, 6) is -1.31. The van der Waals surface area contributed by atoms with E-state index in [4.69, 9.17) is 10.8 Å². The van der Waals surface area contributed by atoms with Crippen LogP contribution in [0.3, 0.4) is 0 Å². The third-order valence-electron chi connectivity index (χ3n) is 1.62. The molecule has 0 unspecified atom stereocenters. The number of carboxylic acids is 1. The summed E-state index contributed by atoms with van der Waals surface area (Å²) in [5.41, 5.74) is 5.26. The molecule has 4 N–H and O–H groups in total. The highest BCUT2D eigenvalue weighted by atomic mass is 16.5. The number of carbonyl (C=O) groups is 2. The van der Waals surface area contributed by atoms with E-state index in [1.807, 2.05) is 0 Å². The van der Waals surface area contributed by atoms with E-state index >= 15 is 0 Å². The third-order valence-corrected chi connectivity index (χ3v) is 1.62. The van der Waals surface area contributed by atoms with Gasteiger partial charge in [-0.3, -0.25) is 4.79 Å². The lowest BCUT2D eigenvalue weighted by Gasteiger charge is -2.12. The molecule has 5 heteroatoms. The van der Waals surface area contributed by atoms with Crippen molar-refractivity contribution >= 4 is 11.9 Å². The quantitative estimate of drug-likeness (QED) is 0.309.